The summed E-state index contributed by atoms with van der Waals surface area (Å²) < 4.78 is 6.19. The van der Waals surface area contributed by atoms with Gasteiger partial charge in [0.1, 0.15) is 4.75 Å². The van der Waals surface area contributed by atoms with Gasteiger partial charge in [0.05, 0.1) is 28.5 Å². The molecule has 0 aliphatic carbocycles. The summed E-state index contributed by atoms with van der Waals surface area (Å²) in [6.45, 7) is 5.80. The van der Waals surface area contributed by atoms with E-state index in [-0.39, 0.29) is 5.97 Å². The molecule has 0 aliphatic heterocycles. The summed E-state index contributed by atoms with van der Waals surface area (Å²) in [6, 6.07) is 7.50. The average Bonchev–Trinajstić information content (AvgIpc) is 2.78. The van der Waals surface area contributed by atoms with E-state index >= 15 is 0 Å². The first-order valence-electron chi connectivity index (χ1n) is 6.13. The second-order valence-electron chi connectivity index (χ2n) is 4.61. The van der Waals surface area contributed by atoms with Crippen LogP contribution >= 0.6 is 23.1 Å². The third-order valence-corrected chi connectivity index (χ3v) is 4.88. The topological polar surface area (TPSA) is 63.0 Å². The third kappa shape index (κ3) is 3.11. The number of benzene rings is 1. The molecular formula is C14H14N2O2S2. The minimum absolute atomic E-state index is 0.248. The van der Waals surface area contributed by atoms with E-state index in [1.54, 1.807) is 19.1 Å². The van der Waals surface area contributed by atoms with Crippen molar-refractivity contribution in [1.29, 1.82) is 5.26 Å². The van der Waals surface area contributed by atoms with E-state index in [0.29, 0.717) is 12.2 Å². The summed E-state index contributed by atoms with van der Waals surface area (Å²) in [5.74, 6) is -0.248. The zero-order valence-corrected chi connectivity index (χ0v) is 13.1. The fourth-order valence-electron chi connectivity index (χ4n) is 1.58. The Hall–Kier alpha value is -1.58. The van der Waals surface area contributed by atoms with E-state index < -0.39 is 4.75 Å². The Bertz CT molecular complexity index is 686. The number of thiazole rings is 1. The van der Waals surface area contributed by atoms with Crippen LogP contribution in [0.25, 0.3) is 10.2 Å². The molecule has 0 fully saturated rings. The normalized spacial score (nSPS) is 11.3. The van der Waals surface area contributed by atoms with Gasteiger partial charge in [-0.05, 0) is 39.0 Å². The van der Waals surface area contributed by atoms with Crippen molar-refractivity contribution in [3.05, 3.63) is 23.8 Å². The molecule has 20 heavy (non-hydrogen) atoms. The molecule has 0 amide bonds. The highest BCUT2D eigenvalue weighted by atomic mass is 32.2. The Morgan fingerprint density at radius 2 is 2.30 bits per heavy atom. The third-order valence-electron chi connectivity index (χ3n) is 2.61. The first-order chi connectivity index (χ1) is 9.46. The van der Waals surface area contributed by atoms with E-state index in [9.17, 15) is 4.79 Å². The van der Waals surface area contributed by atoms with Crippen LogP contribution in [0.5, 0.6) is 0 Å². The molecule has 1 aromatic heterocycles. The molecule has 2 rings (SSSR count). The molecule has 0 unspecified atom stereocenters. The van der Waals surface area contributed by atoms with Gasteiger partial charge in [-0.2, -0.15) is 5.26 Å². The lowest BCUT2D eigenvalue weighted by atomic mass is 10.2. The first-order valence-corrected chi connectivity index (χ1v) is 7.76. The van der Waals surface area contributed by atoms with Crippen LogP contribution in [0.2, 0.25) is 0 Å². The molecule has 0 atom stereocenters. The Labute approximate surface area is 125 Å². The van der Waals surface area contributed by atoms with Gasteiger partial charge in [0.2, 0.25) is 0 Å². The van der Waals surface area contributed by atoms with E-state index in [2.05, 4.69) is 11.1 Å². The minimum Gasteiger partial charge on any atom is -0.465 e. The molecule has 0 spiro atoms. The van der Waals surface area contributed by atoms with Crippen LogP contribution in [-0.4, -0.2) is 22.3 Å². The van der Waals surface area contributed by atoms with Gasteiger partial charge in [0, 0.05) is 0 Å². The number of hydrogen-bond acceptors (Lipinski definition) is 6. The van der Waals surface area contributed by atoms with Crippen molar-refractivity contribution in [2.75, 3.05) is 6.61 Å². The fraction of sp³-hybridized carbons (Fsp3) is 0.357. The molecule has 4 nitrogen and oxygen atoms in total. The number of aromatic nitrogens is 1. The molecule has 0 bridgehead atoms. The van der Waals surface area contributed by atoms with Crippen molar-refractivity contribution in [2.24, 2.45) is 0 Å². The Morgan fingerprint density at radius 3 is 2.95 bits per heavy atom. The van der Waals surface area contributed by atoms with Crippen molar-refractivity contribution in [3.63, 3.8) is 0 Å². The second-order valence-corrected chi connectivity index (χ2v) is 7.51. The van der Waals surface area contributed by atoms with Gasteiger partial charge in [-0.15, -0.1) is 11.3 Å². The lowest BCUT2D eigenvalue weighted by Gasteiger charge is -2.19. The second kappa shape index (κ2) is 5.81. The number of ether oxygens (including phenoxy) is 1. The largest absolute Gasteiger partial charge is 0.465 e. The summed E-state index contributed by atoms with van der Waals surface area (Å²) in [5.41, 5.74) is 1.38. The maximum Gasteiger partial charge on any atom is 0.322 e. The first kappa shape index (κ1) is 14.8. The summed E-state index contributed by atoms with van der Waals surface area (Å²) in [7, 11) is 0. The quantitative estimate of drug-likeness (QED) is 0.638. The van der Waals surface area contributed by atoms with Crippen LogP contribution in [0.1, 0.15) is 26.3 Å². The summed E-state index contributed by atoms with van der Waals surface area (Å²) in [5, 5.41) is 8.88. The molecule has 0 saturated heterocycles. The molecular weight excluding hydrogens is 292 g/mol. The van der Waals surface area contributed by atoms with Crippen LogP contribution in [0.15, 0.2) is 22.5 Å². The number of hydrogen-bond donors (Lipinski definition) is 0. The van der Waals surface area contributed by atoms with E-state index in [1.165, 1.54) is 23.1 Å². The smallest absolute Gasteiger partial charge is 0.322 e. The van der Waals surface area contributed by atoms with Crippen LogP contribution in [-0.2, 0) is 9.53 Å². The van der Waals surface area contributed by atoms with Gasteiger partial charge in [0.15, 0.2) is 4.34 Å². The number of carbonyl (C=O) groups excluding carboxylic acids is 1. The predicted octanol–water partition coefficient (Wildman–Crippen LogP) is 3.60. The summed E-state index contributed by atoms with van der Waals surface area (Å²) in [4.78, 5) is 16.3. The van der Waals surface area contributed by atoms with Gasteiger partial charge in [0.25, 0.3) is 0 Å². The standard InChI is InChI=1S/C14H14N2O2S2/c1-4-18-12(17)14(2,3)20-13-16-10-7-9(8-15)5-6-11(10)19-13/h5-7H,4H2,1-3H3. The maximum absolute atomic E-state index is 11.9. The number of esters is 1. The molecule has 2 aromatic rings. The van der Waals surface area contributed by atoms with Gasteiger partial charge < -0.3 is 4.74 Å². The fourth-order valence-corrected chi connectivity index (χ4v) is 4.05. The van der Waals surface area contributed by atoms with Gasteiger partial charge >= 0.3 is 5.97 Å². The summed E-state index contributed by atoms with van der Waals surface area (Å²) in [6.07, 6.45) is 0. The molecule has 0 aliphatic rings. The number of fused-ring (bicyclic) bond motifs is 1. The molecule has 0 radical (unpaired) electrons. The Balaban J connectivity index is 2.26. The number of nitrogens with zero attached hydrogens (tertiary/aromatic N) is 2. The van der Waals surface area contributed by atoms with E-state index in [0.717, 1.165) is 14.6 Å². The highest BCUT2D eigenvalue weighted by Gasteiger charge is 2.31. The monoisotopic (exact) mass is 306 g/mol. The van der Waals surface area contributed by atoms with Gasteiger partial charge in [-0.3, -0.25) is 4.79 Å². The SMILES string of the molecule is CCOC(=O)C(C)(C)Sc1nc2cc(C#N)ccc2s1. The summed E-state index contributed by atoms with van der Waals surface area (Å²) >= 11 is 2.90. The zero-order valence-electron chi connectivity index (χ0n) is 11.5. The number of nitriles is 1. The minimum atomic E-state index is -0.679. The van der Waals surface area contributed by atoms with E-state index in [4.69, 9.17) is 10.00 Å². The van der Waals surface area contributed by atoms with Gasteiger partial charge in [-0.1, -0.05) is 11.8 Å². The average molecular weight is 306 g/mol. The van der Waals surface area contributed by atoms with Crippen LogP contribution in [0.3, 0.4) is 0 Å². The number of rotatable bonds is 4. The molecule has 1 aromatic carbocycles. The van der Waals surface area contributed by atoms with E-state index in [1.807, 2.05) is 19.9 Å². The zero-order chi connectivity index (χ0) is 14.8. The van der Waals surface area contributed by atoms with Crippen molar-refractivity contribution in [1.82, 2.24) is 4.98 Å². The van der Waals surface area contributed by atoms with Crippen molar-refractivity contribution < 1.29 is 9.53 Å². The Morgan fingerprint density at radius 1 is 1.55 bits per heavy atom. The lowest BCUT2D eigenvalue weighted by Crippen LogP contribution is -2.29. The molecule has 0 N–H and O–H groups in total. The Kier molecular flexibility index (Phi) is 4.31. The number of carbonyl (C=O) groups is 1. The lowest BCUT2D eigenvalue weighted by molar-refractivity contribution is -0.145. The van der Waals surface area contributed by atoms with Crippen LogP contribution < -0.4 is 0 Å². The molecule has 6 heteroatoms. The van der Waals surface area contributed by atoms with Crippen molar-refractivity contribution in [2.45, 2.75) is 29.9 Å². The highest BCUT2D eigenvalue weighted by molar-refractivity contribution is 8.03. The predicted molar refractivity (Wildman–Crippen MR) is 80.9 cm³/mol. The molecule has 0 saturated carbocycles. The molecule has 104 valence electrons. The van der Waals surface area contributed by atoms with Crippen molar-refractivity contribution >= 4 is 39.3 Å². The van der Waals surface area contributed by atoms with Crippen molar-refractivity contribution in [3.8, 4) is 6.07 Å². The van der Waals surface area contributed by atoms with Gasteiger partial charge in [-0.25, -0.2) is 4.98 Å². The maximum atomic E-state index is 11.9. The highest BCUT2D eigenvalue weighted by Crippen LogP contribution is 2.38. The van der Waals surface area contributed by atoms with Crippen LogP contribution in [0, 0.1) is 11.3 Å². The van der Waals surface area contributed by atoms with Crippen LogP contribution in [0.4, 0.5) is 0 Å². The molecule has 1 heterocycles. The number of thioether (sulfide) groups is 1.